The molecule has 2 heterocycles. The molecule has 8 heteroatoms. The summed E-state index contributed by atoms with van der Waals surface area (Å²) in [5.74, 6) is -0.0156. The normalized spacial score (nSPS) is 15.2. The van der Waals surface area contributed by atoms with Gasteiger partial charge in [0.1, 0.15) is 0 Å². The number of aromatic nitrogens is 1. The molecule has 1 saturated carbocycles. The highest BCUT2D eigenvalue weighted by Gasteiger charge is 2.46. The summed E-state index contributed by atoms with van der Waals surface area (Å²) in [5.41, 5.74) is 2.91. The fourth-order valence-electron chi connectivity index (χ4n) is 4.68. The Bertz CT molecular complexity index is 1470. The van der Waals surface area contributed by atoms with Gasteiger partial charge in [0, 0.05) is 23.2 Å². The quantitative estimate of drug-likeness (QED) is 0.390. The second kappa shape index (κ2) is 8.06. The Morgan fingerprint density at radius 1 is 1.03 bits per heavy atom. The summed E-state index contributed by atoms with van der Waals surface area (Å²) in [6.45, 7) is 0.667. The van der Waals surface area contributed by atoms with Crippen LogP contribution in [0, 0.1) is 0 Å². The fourth-order valence-corrected chi connectivity index (χ4v) is 4.81. The van der Waals surface area contributed by atoms with Crippen LogP contribution in [0.2, 0.25) is 5.02 Å². The summed E-state index contributed by atoms with van der Waals surface area (Å²) in [6.07, 6.45) is 3.50. The van der Waals surface area contributed by atoms with Crippen molar-refractivity contribution in [1.82, 2.24) is 9.88 Å². The van der Waals surface area contributed by atoms with E-state index in [0.717, 1.165) is 34.9 Å². The number of rotatable bonds is 6. The smallest absolute Gasteiger partial charge is 0.335 e. The lowest BCUT2D eigenvalue weighted by molar-refractivity contribution is 0.0696. The lowest BCUT2D eigenvalue weighted by atomic mass is 10.0. The first-order valence-corrected chi connectivity index (χ1v) is 11.6. The maximum atomic E-state index is 13.7. The number of nitrogens with one attached hydrogen (secondary N) is 1. The van der Waals surface area contributed by atoms with Gasteiger partial charge in [0.2, 0.25) is 6.79 Å². The number of aromatic carboxylic acids is 1. The van der Waals surface area contributed by atoms with E-state index in [0.29, 0.717) is 28.6 Å². The van der Waals surface area contributed by atoms with Crippen molar-refractivity contribution in [2.45, 2.75) is 24.9 Å². The molecule has 1 fully saturated rings. The third kappa shape index (κ3) is 3.78. The van der Waals surface area contributed by atoms with Gasteiger partial charge in [-0.25, -0.2) is 4.79 Å². The Morgan fingerprint density at radius 2 is 1.77 bits per heavy atom. The second-order valence-electron chi connectivity index (χ2n) is 8.91. The van der Waals surface area contributed by atoms with Crippen LogP contribution in [0.25, 0.3) is 10.9 Å². The first kappa shape index (κ1) is 21.6. The number of halogens is 1. The average molecular weight is 489 g/mol. The van der Waals surface area contributed by atoms with Gasteiger partial charge in [0.25, 0.3) is 5.91 Å². The van der Waals surface area contributed by atoms with Gasteiger partial charge in [-0.15, -0.1) is 0 Å². The first-order valence-electron chi connectivity index (χ1n) is 11.3. The van der Waals surface area contributed by atoms with Crippen molar-refractivity contribution in [3.63, 3.8) is 0 Å². The molecule has 4 aromatic rings. The highest BCUT2D eigenvalue weighted by Crippen LogP contribution is 2.47. The van der Waals surface area contributed by atoms with E-state index in [-0.39, 0.29) is 18.3 Å². The number of ether oxygens (including phenoxy) is 2. The number of hydrogen-bond donors (Lipinski definition) is 2. The van der Waals surface area contributed by atoms with Crippen LogP contribution in [-0.4, -0.2) is 28.3 Å². The first-order chi connectivity index (χ1) is 16.9. The van der Waals surface area contributed by atoms with Crippen molar-refractivity contribution in [2.75, 3.05) is 6.79 Å². The van der Waals surface area contributed by atoms with E-state index in [1.165, 1.54) is 0 Å². The minimum atomic E-state index is -0.977. The maximum absolute atomic E-state index is 13.7. The molecule has 0 spiro atoms. The molecule has 1 amide bonds. The van der Waals surface area contributed by atoms with Crippen LogP contribution in [0.1, 0.15) is 44.7 Å². The molecule has 6 rings (SSSR count). The molecule has 1 aliphatic carbocycles. The summed E-state index contributed by atoms with van der Waals surface area (Å²) in [5, 5.41) is 13.9. The lowest BCUT2D eigenvalue weighted by Crippen LogP contribution is -2.35. The van der Waals surface area contributed by atoms with Crippen molar-refractivity contribution in [2.24, 2.45) is 0 Å². The lowest BCUT2D eigenvalue weighted by Gasteiger charge is -2.19. The van der Waals surface area contributed by atoms with E-state index in [1.54, 1.807) is 30.3 Å². The van der Waals surface area contributed by atoms with Gasteiger partial charge in [-0.2, -0.15) is 0 Å². The van der Waals surface area contributed by atoms with Gasteiger partial charge >= 0.3 is 5.97 Å². The van der Waals surface area contributed by atoms with Crippen molar-refractivity contribution < 1.29 is 24.2 Å². The van der Waals surface area contributed by atoms with Crippen molar-refractivity contribution >= 4 is 34.4 Å². The Labute approximate surface area is 205 Å². The molecule has 35 heavy (non-hydrogen) atoms. The Morgan fingerprint density at radius 3 is 2.46 bits per heavy atom. The molecule has 7 nitrogen and oxygen atoms in total. The number of nitrogens with zero attached hydrogens (tertiary/aromatic N) is 1. The number of amides is 1. The van der Waals surface area contributed by atoms with E-state index in [4.69, 9.17) is 21.1 Å². The fraction of sp³-hybridized carbons (Fsp3) is 0.185. The van der Waals surface area contributed by atoms with E-state index in [9.17, 15) is 14.7 Å². The van der Waals surface area contributed by atoms with Crippen LogP contribution in [-0.2, 0) is 12.1 Å². The minimum absolute atomic E-state index is 0.109. The molecule has 2 N–H and O–H groups in total. The van der Waals surface area contributed by atoms with E-state index in [1.807, 2.05) is 41.1 Å². The Kier molecular flexibility index (Phi) is 4.96. The molecule has 0 bridgehead atoms. The van der Waals surface area contributed by atoms with Gasteiger partial charge in [-0.3, -0.25) is 4.79 Å². The van der Waals surface area contributed by atoms with Gasteiger partial charge in [-0.05, 0) is 60.4 Å². The summed E-state index contributed by atoms with van der Waals surface area (Å²) in [4.78, 5) is 24.9. The van der Waals surface area contributed by atoms with Gasteiger partial charge in [-0.1, -0.05) is 35.9 Å². The van der Waals surface area contributed by atoms with Crippen LogP contribution in [0.3, 0.4) is 0 Å². The van der Waals surface area contributed by atoms with Crippen LogP contribution in [0.4, 0.5) is 0 Å². The molecule has 1 aliphatic heterocycles. The van der Waals surface area contributed by atoms with Crippen LogP contribution >= 0.6 is 11.6 Å². The van der Waals surface area contributed by atoms with E-state index < -0.39 is 11.5 Å². The van der Waals surface area contributed by atoms with Gasteiger partial charge in [0.15, 0.2) is 11.5 Å². The number of hydrogen-bond acceptors (Lipinski definition) is 4. The van der Waals surface area contributed by atoms with Crippen molar-refractivity contribution in [1.29, 1.82) is 0 Å². The molecule has 3 aromatic carbocycles. The zero-order valence-corrected chi connectivity index (χ0v) is 19.3. The molecule has 176 valence electrons. The number of benzene rings is 3. The maximum Gasteiger partial charge on any atom is 0.335 e. The highest BCUT2D eigenvalue weighted by atomic mass is 35.5. The van der Waals surface area contributed by atoms with Crippen molar-refractivity contribution in [3.05, 3.63) is 94.1 Å². The molecule has 0 saturated heterocycles. The molecule has 0 atom stereocenters. The zero-order valence-electron chi connectivity index (χ0n) is 18.6. The molecular formula is C27H21ClN2O5. The summed E-state index contributed by atoms with van der Waals surface area (Å²) in [7, 11) is 0. The molecule has 2 aliphatic rings. The largest absolute Gasteiger partial charge is 0.478 e. The average Bonchev–Trinajstić information content (AvgIpc) is 3.28. The Balaban J connectivity index is 1.37. The van der Waals surface area contributed by atoms with Crippen LogP contribution in [0.15, 0.2) is 66.9 Å². The number of carbonyl (C=O) groups excluding carboxylic acids is 1. The van der Waals surface area contributed by atoms with E-state index in [2.05, 4.69) is 5.32 Å². The number of carboxylic acids is 1. The van der Waals surface area contributed by atoms with Gasteiger partial charge in [0.05, 0.1) is 22.2 Å². The second-order valence-corrected chi connectivity index (χ2v) is 9.35. The van der Waals surface area contributed by atoms with E-state index >= 15 is 0 Å². The topological polar surface area (TPSA) is 89.8 Å². The molecule has 0 radical (unpaired) electrons. The molecule has 0 unspecified atom stereocenters. The van der Waals surface area contributed by atoms with Crippen LogP contribution < -0.4 is 14.8 Å². The molecular weight excluding hydrogens is 468 g/mol. The Hall–Kier alpha value is -3.97. The van der Waals surface area contributed by atoms with Crippen LogP contribution in [0.5, 0.6) is 11.5 Å². The highest BCUT2D eigenvalue weighted by molar-refractivity contribution is 6.30. The number of carbonyl (C=O) groups is 2. The van der Waals surface area contributed by atoms with Gasteiger partial charge < -0.3 is 24.5 Å². The molecule has 1 aromatic heterocycles. The third-order valence-electron chi connectivity index (χ3n) is 6.68. The predicted molar refractivity (Wildman–Crippen MR) is 130 cm³/mol. The monoisotopic (exact) mass is 488 g/mol. The zero-order chi connectivity index (χ0) is 24.2. The SMILES string of the molecule is O=C(O)c1ccc(C2(NC(=O)c3cc4c(c5ccn(Cc6ccc(Cl)cc6)c35)OCO4)CC2)cc1. The standard InChI is InChI=1S/C27H21ClN2O5/c28-19-7-1-16(2-8-19)14-30-12-9-20-23(30)21(13-22-24(20)35-15-34-22)25(31)29-27(10-11-27)18-5-3-17(4-6-18)26(32)33/h1-9,12-13H,10-11,14-15H2,(H,29,31)(H,32,33). The minimum Gasteiger partial charge on any atom is -0.478 e. The number of carboxylic acid groups (broad SMARTS) is 1. The summed E-state index contributed by atoms with van der Waals surface area (Å²) in [6, 6.07) is 18.0. The predicted octanol–water partition coefficient (Wildman–Crippen LogP) is 5.19. The van der Waals surface area contributed by atoms with Crippen molar-refractivity contribution in [3.8, 4) is 11.5 Å². The summed E-state index contributed by atoms with van der Waals surface area (Å²) < 4.78 is 13.4. The summed E-state index contributed by atoms with van der Waals surface area (Å²) >= 11 is 6.04. The third-order valence-corrected chi connectivity index (χ3v) is 6.93. The number of fused-ring (bicyclic) bond motifs is 3.